The van der Waals surface area contributed by atoms with E-state index in [0.717, 1.165) is 6.54 Å². The summed E-state index contributed by atoms with van der Waals surface area (Å²) < 4.78 is 4.84. The summed E-state index contributed by atoms with van der Waals surface area (Å²) in [5, 5.41) is 11.9. The highest BCUT2D eigenvalue weighted by Gasteiger charge is 2.13. The predicted molar refractivity (Wildman–Crippen MR) is 41.0 cm³/mol. The molecule has 2 N–H and O–H groups in total. The molecular weight excluding hydrogens is 130 g/mol. The third-order valence-electron chi connectivity index (χ3n) is 1.31. The lowest BCUT2D eigenvalue weighted by Crippen LogP contribution is -2.44. The topological polar surface area (TPSA) is 41.5 Å². The Hall–Kier alpha value is -0.120. The first-order chi connectivity index (χ1) is 4.62. The normalized spacial score (nSPS) is 12.0. The van der Waals surface area contributed by atoms with Crippen molar-refractivity contribution >= 4 is 0 Å². The van der Waals surface area contributed by atoms with Gasteiger partial charge in [-0.1, -0.05) is 0 Å². The van der Waals surface area contributed by atoms with Crippen LogP contribution in [0, 0.1) is 0 Å². The molecule has 10 heavy (non-hydrogen) atoms. The SMILES string of the molecule is COCCNC(C)(C)CO. The molecule has 0 rings (SSSR count). The smallest absolute Gasteiger partial charge is 0.0607 e. The average molecular weight is 147 g/mol. The van der Waals surface area contributed by atoms with Crippen LogP contribution in [0.3, 0.4) is 0 Å². The van der Waals surface area contributed by atoms with E-state index >= 15 is 0 Å². The summed E-state index contributed by atoms with van der Waals surface area (Å²) in [5.74, 6) is 0. The molecule has 0 heterocycles. The Bertz CT molecular complexity index is 83.7. The molecule has 0 aliphatic heterocycles. The number of ether oxygens (including phenoxy) is 1. The van der Waals surface area contributed by atoms with E-state index in [4.69, 9.17) is 9.84 Å². The van der Waals surface area contributed by atoms with Gasteiger partial charge in [-0.2, -0.15) is 0 Å². The number of hydrogen-bond donors (Lipinski definition) is 2. The zero-order valence-corrected chi connectivity index (χ0v) is 6.98. The van der Waals surface area contributed by atoms with E-state index in [9.17, 15) is 0 Å². The van der Waals surface area contributed by atoms with E-state index in [0.29, 0.717) is 6.61 Å². The van der Waals surface area contributed by atoms with Crippen LogP contribution in [-0.2, 0) is 4.74 Å². The minimum Gasteiger partial charge on any atom is -0.394 e. The second-order valence-electron chi connectivity index (χ2n) is 2.96. The Labute approximate surface area is 62.4 Å². The van der Waals surface area contributed by atoms with Crippen molar-refractivity contribution in [2.24, 2.45) is 0 Å². The van der Waals surface area contributed by atoms with Crippen LogP contribution in [-0.4, -0.2) is 37.5 Å². The first-order valence-corrected chi connectivity index (χ1v) is 3.47. The van der Waals surface area contributed by atoms with Gasteiger partial charge in [0.05, 0.1) is 13.2 Å². The van der Waals surface area contributed by atoms with Crippen LogP contribution in [0.1, 0.15) is 13.8 Å². The van der Waals surface area contributed by atoms with Crippen molar-refractivity contribution in [2.45, 2.75) is 19.4 Å². The van der Waals surface area contributed by atoms with Crippen molar-refractivity contribution < 1.29 is 9.84 Å². The molecular formula is C7H17NO2. The molecule has 0 spiro atoms. The number of hydrogen-bond acceptors (Lipinski definition) is 3. The fourth-order valence-corrected chi connectivity index (χ4v) is 0.547. The lowest BCUT2D eigenvalue weighted by atomic mass is 10.1. The Morgan fingerprint density at radius 3 is 2.50 bits per heavy atom. The van der Waals surface area contributed by atoms with Gasteiger partial charge in [-0.3, -0.25) is 0 Å². The number of aliphatic hydroxyl groups is 1. The zero-order chi connectivity index (χ0) is 8.04. The van der Waals surface area contributed by atoms with Crippen LogP contribution in [0.15, 0.2) is 0 Å². The van der Waals surface area contributed by atoms with Crippen molar-refractivity contribution in [3.8, 4) is 0 Å². The summed E-state index contributed by atoms with van der Waals surface area (Å²) in [7, 11) is 1.66. The van der Waals surface area contributed by atoms with Gasteiger partial charge in [-0.25, -0.2) is 0 Å². The van der Waals surface area contributed by atoms with E-state index in [1.807, 2.05) is 13.8 Å². The molecule has 0 saturated heterocycles. The fourth-order valence-electron chi connectivity index (χ4n) is 0.547. The Balaban J connectivity index is 3.28. The molecule has 0 aromatic rings. The molecule has 0 fully saturated rings. The van der Waals surface area contributed by atoms with Crippen LogP contribution >= 0.6 is 0 Å². The summed E-state index contributed by atoms with van der Waals surface area (Å²) in [6.45, 7) is 5.51. The Morgan fingerprint density at radius 1 is 1.50 bits per heavy atom. The quantitative estimate of drug-likeness (QED) is 0.538. The van der Waals surface area contributed by atoms with Crippen LogP contribution in [0.2, 0.25) is 0 Å². The first kappa shape index (κ1) is 9.88. The van der Waals surface area contributed by atoms with Gasteiger partial charge in [-0.15, -0.1) is 0 Å². The molecule has 0 aromatic carbocycles. The summed E-state index contributed by atoms with van der Waals surface area (Å²) >= 11 is 0. The third kappa shape index (κ3) is 4.73. The second-order valence-corrected chi connectivity index (χ2v) is 2.96. The number of nitrogens with one attached hydrogen (secondary N) is 1. The fraction of sp³-hybridized carbons (Fsp3) is 1.00. The summed E-state index contributed by atoms with van der Waals surface area (Å²) in [4.78, 5) is 0. The number of rotatable bonds is 5. The van der Waals surface area contributed by atoms with Crippen molar-refractivity contribution in [3.05, 3.63) is 0 Å². The van der Waals surface area contributed by atoms with E-state index < -0.39 is 0 Å². The predicted octanol–water partition coefficient (Wildman–Crippen LogP) is -0.00670. The van der Waals surface area contributed by atoms with Gasteiger partial charge >= 0.3 is 0 Å². The monoisotopic (exact) mass is 147 g/mol. The van der Waals surface area contributed by atoms with Gasteiger partial charge in [0.25, 0.3) is 0 Å². The van der Waals surface area contributed by atoms with Gasteiger partial charge in [0.15, 0.2) is 0 Å². The molecule has 0 unspecified atom stereocenters. The van der Waals surface area contributed by atoms with E-state index in [-0.39, 0.29) is 12.1 Å². The van der Waals surface area contributed by atoms with Crippen molar-refractivity contribution in [2.75, 3.05) is 26.9 Å². The lowest BCUT2D eigenvalue weighted by molar-refractivity contribution is 0.157. The molecule has 0 saturated carbocycles. The first-order valence-electron chi connectivity index (χ1n) is 3.47. The van der Waals surface area contributed by atoms with Gasteiger partial charge in [0.1, 0.15) is 0 Å². The molecule has 62 valence electrons. The summed E-state index contributed by atoms with van der Waals surface area (Å²) in [6.07, 6.45) is 0. The van der Waals surface area contributed by atoms with E-state index in [1.165, 1.54) is 0 Å². The van der Waals surface area contributed by atoms with Crippen LogP contribution in [0.25, 0.3) is 0 Å². The largest absolute Gasteiger partial charge is 0.394 e. The summed E-state index contributed by atoms with van der Waals surface area (Å²) in [6, 6.07) is 0. The maximum Gasteiger partial charge on any atom is 0.0607 e. The van der Waals surface area contributed by atoms with E-state index in [2.05, 4.69) is 5.32 Å². The zero-order valence-electron chi connectivity index (χ0n) is 6.98. The Kier molecular flexibility index (Phi) is 4.60. The van der Waals surface area contributed by atoms with Gasteiger partial charge in [-0.05, 0) is 13.8 Å². The molecule has 0 aliphatic rings. The second kappa shape index (κ2) is 4.66. The van der Waals surface area contributed by atoms with Crippen molar-refractivity contribution in [3.63, 3.8) is 0 Å². The molecule has 3 nitrogen and oxygen atoms in total. The van der Waals surface area contributed by atoms with Crippen LogP contribution < -0.4 is 5.32 Å². The highest BCUT2D eigenvalue weighted by molar-refractivity contribution is 4.75. The number of aliphatic hydroxyl groups excluding tert-OH is 1. The maximum absolute atomic E-state index is 8.79. The molecule has 0 bridgehead atoms. The lowest BCUT2D eigenvalue weighted by Gasteiger charge is -2.22. The van der Waals surface area contributed by atoms with Gasteiger partial charge in [0.2, 0.25) is 0 Å². The minimum absolute atomic E-state index is 0.150. The maximum atomic E-state index is 8.79. The highest BCUT2D eigenvalue weighted by Crippen LogP contribution is 1.97. The van der Waals surface area contributed by atoms with Gasteiger partial charge in [0, 0.05) is 19.2 Å². The van der Waals surface area contributed by atoms with Crippen molar-refractivity contribution in [1.82, 2.24) is 5.32 Å². The molecule has 0 aliphatic carbocycles. The standard InChI is InChI=1S/C7H17NO2/c1-7(2,6-9)8-4-5-10-3/h8-9H,4-6H2,1-3H3. The third-order valence-corrected chi connectivity index (χ3v) is 1.31. The average Bonchev–Trinajstić information content (AvgIpc) is 1.89. The minimum atomic E-state index is -0.182. The highest BCUT2D eigenvalue weighted by atomic mass is 16.5. The van der Waals surface area contributed by atoms with Crippen LogP contribution in [0.5, 0.6) is 0 Å². The van der Waals surface area contributed by atoms with Crippen molar-refractivity contribution in [1.29, 1.82) is 0 Å². The van der Waals surface area contributed by atoms with Gasteiger partial charge < -0.3 is 15.2 Å². The molecule has 0 aromatic heterocycles. The van der Waals surface area contributed by atoms with E-state index in [1.54, 1.807) is 7.11 Å². The molecule has 0 amide bonds. The molecule has 0 radical (unpaired) electrons. The molecule has 3 heteroatoms. The van der Waals surface area contributed by atoms with Crippen LogP contribution in [0.4, 0.5) is 0 Å². The molecule has 0 atom stereocenters. The Morgan fingerprint density at radius 2 is 2.10 bits per heavy atom. The number of methoxy groups -OCH3 is 1. The summed E-state index contributed by atoms with van der Waals surface area (Å²) in [5.41, 5.74) is -0.182.